The highest BCUT2D eigenvalue weighted by molar-refractivity contribution is 5.84. The first-order chi connectivity index (χ1) is 6.95. The number of hydrogen-bond acceptors (Lipinski definition) is 2. The molecular formula is C12H15NO2. The molecule has 1 aromatic carbocycles. The molecule has 2 atom stereocenters. The molecule has 3 nitrogen and oxygen atoms in total. The Bertz CT molecular complexity index is 428. The van der Waals surface area contributed by atoms with Gasteiger partial charge in [0.15, 0.2) is 0 Å². The quantitative estimate of drug-likeness (QED) is 0.770. The van der Waals surface area contributed by atoms with E-state index in [0.717, 1.165) is 5.56 Å². The van der Waals surface area contributed by atoms with Crippen molar-refractivity contribution in [1.29, 1.82) is 0 Å². The minimum Gasteiger partial charge on any atom is -0.480 e. The molecule has 80 valence electrons. The number of aryl methyl sites for hydroxylation is 2. The zero-order valence-corrected chi connectivity index (χ0v) is 8.95. The van der Waals surface area contributed by atoms with E-state index in [9.17, 15) is 4.79 Å². The number of carboxylic acid groups (broad SMARTS) is 1. The number of rotatable bonds is 2. The van der Waals surface area contributed by atoms with Crippen molar-refractivity contribution in [3.63, 3.8) is 0 Å². The van der Waals surface area contributed by atoms with Crippen molar-refractivity contribution in [3.05, 3.63) is 34.9 Å². The summed E-state index contributed by atoms with van der Waals surface area (Å²) in [5, 5.41) is 8.94. The van der Waals surface area contributed by atoms with Crippen molar-refractivity contribution < 1.29 is 9.90 Å². The summed E-state index contributed by atoms with van der Waals surface area (Å²) < 4.78 is 0. The van der Waals surface area contributed by atoms with Crippen molar-refractivity contribution in [2.75, 3.05) is 0 Å². The third-order valence-corrected chi connectivity index (χ3v) is 3.34. The standard InChI is InChI=1S/C12H15NO2/c1-7-3-4-9(5-8(7)2)10-6-12(10,13)11(14)15/h3-5,10H,6,13H2,1-2H3,(H,14,15)/t10-,12+/m1/s1. The zero-order valence-electron chi connectivity index (χ0n) is 8.95. The van der Waals surface area contributed by atoms with E-state index >= 15 is 0 Å². The molecule has 0 aliphatic heterocycles. The van der Waals surface area contributed by atoms with Crippen LogP contribution in [0.2, 0.25) is 0 Å². The molecule has 0 spiro atoms. The van der Waals surface area contributed by atoms with Gasteiger partial charge in [-0.05, 0) is 37.0 Å². The Kier molecular flexibility index (Phi) is 2.08. The first-order valence-corrected chi connectivity index (χ1v) is 5.04. The van der Waals surface area contributed by atoms with Crippen molar-refractivity contribution in [3.8, 4) is 0 Å². The number of nitrogens with two attached hydrogens (primary N) is 1. The van der Waals surface area contributed by atoms with Crippen LogP contribution in [0, 0.1) is 13.8 Å². The van der Waals surface area contributed by atoms with Crippen LogP contribution in [-0.4, -0.2) is 16.6 Å². The Balaban J connectivity index is 2.27. The summed E-state index contributed by atoms with van der Waals surface area (Å²) in [5.41, 5.74) is 8.18. The second-order valence-corrected chi connectivity index (χ2v) is 4.45. The van der Waals surface area contributed by atoms with Gasteiger partial charge in [0, 0.05) is 5.92 Å². The summed E-state index contributed by atoms with van der Waals surface area (Å²) in [5.74, 6) is -0.917. The highest BCUT2D eigenvalue weighted by Crippen LogP contribution is 2.49. The number of hydrogen-bond donors (Lipinski definition) is 2. The average Bonchev–Trinajstić information content (AvgIpc) is 2.85. The smallest absolute Gasteiger partial charge is 0.324 e. The summed E-state index contributed by atoms with van der Waals surface area (Å²) in [6.07, 6.45) is 0.546. The average molecular weight is 205 g/mol. The molecule has 0 unspecified atom stereocenters. The molecule has 0 aromatic heterocycles. The number of aliphatic carboxylic acids is 1. The van der Waals surface area contributed by atoms with Crippen molar-refractivity contribution in [2.24, 2.45) is 5.73 Å². The molecule has 0 amide bonds. The predicted octanol–water partition coefficient (Wildman–Crippen LogP) is 1.57. The van der Waals surface area contributed by atoms with E-state index in [1.807, 2.05) is 32.0 Å². The first-order valence-electron chi connectivity index (χ1n) is 5.04. The lowest BCUT2D eigenvalue weighted by atomic mass is 10.0. The molecule has 0 bridgehead atoms. The second kappa shape index (κ2) is 3.07. The Morgan fingerprint density at radius 3 is 2.60 bits per heavy atom. The van der Waals surface area contributed by atoms with Crippen LogP contribution < -0.4 is 5.73 Å². The van der Waals surface area contributed by atoms with Crippen LogP contribution in [0.15, 0.2) is 18.2 Å². The van der Waals surface area contributed by atoms with E-state index in [4.69, 9.17) is 10.8 Å². The zero-order chi connectivity index (χ0) is 11.2. The molecule has 3 heteroatoms. The molecule has 1 aliphatic rings. The van der Waals surface area contributed by atoms with Crippen LogP contribution in [0.4, 0.5) is 0 Å². The third kappa shape index (κ3) is 1.53. The van der Waals surface area contributed by atoms with Gasteiger partial charge in [-0.2, -0.15) is 0 Å². The summed E-state index contributed by atoms with van der Waals surface area (Å²) in [6, 6.07) is 6.04. The van der Waals surface area contributed by atoms with Crippen molar-refractivity contribution >= 4 is 5.97 Å². The molecule has 1 saturated carbocycles. The monoisotopic (exact) mass is 205 g/mol. The molecule has 0 heterocycles. The Morgan fingerprint density at radius 1 is 1.47 bits per heavy atom. The fourth-order valence-corrected chi connectivity index (χ4v) is 1.91. The molecule has 0 radical (unpaired) electrons. The van der Waals surface area contributed by atoms with Gasteiger partial charge in [-0.15, -0.1) is 0 Å². The minimum atomic E-state index is -1.03. The lowest BCUT2D eigenvalue weighted by Gasteiger charge is -2.07. The SMILES string of the molecule is Cc1ccc([C@H]2C[C@@]2(N)C(=O)O)cc1C. The molecule has 15 heavy (non-hydrogen) atoms. The molecule has 1 fully saturated rings. The van der Waals surface area contributed by atoms with Gasteiger partial charge in [-0.1, -0.05) is 18.2 Å². The van der Waals surface area contributed by atoms with E-state index in [1.165, 1.54) is 11.1 Å². The molecule has 1 aromatic rings. The molecule has 2 rings (SSSR count). The lowest BCUT2D eigenvalue weighted by Crippen LogP contribution is -2.34. The van der Waals surface area contributed by atoms with E-state index in [1.54, 1.807) is 0 Å². The Labute approximate surface area is 88.9 Å². The fourth-order valence-electron chi connectivity index (χ4n) is 1.91. The number of carbonyl (C=O) groups is 1. The lowest BCUT2D eigenvalue weighted by molar-refractivity contribution is -0.139. The van der Waals surface area contributed by atoms with Gasteiger partial charge in [-0.3, -0.25) is 4.79 Å². The molecule has 0 saturated heterocycles. The largest absolute Gasteiger partial charge is 0.480 e. The summed E-state index contributed by atoms with van der Waals surface area (Å²) in [6.45, 7) is 4.07. The number of benzene rings is 1. The van der Waals surface area contributed by atoms with Crippen LogP contribution in [0.5, 0.6) is 0 Å². The third-order valence-electron chi connectivity index (χ3n) is 3.34. The Hall–Kier alpha value is -1.35. The topological polar surface area (TPSA) is 63.3 Å². The van der Waals surface area contributed by atoms with Crippen LogP contribution in [0.25, 0.3) is 0 Å². The van der Waals surface area contributed by atoms with E-state index < -0.39 is 11.5 Å². The van der Waals surface area contributed by atoms with Crippen LogP contribution in [0.1, 0.15) is 29.0 Å². The van der Waals surface area contributed by atoms with Gasteiger partial charge >= 0.3 is 5.97 Å². The van der Waals surface area contributed by atoms with Crippen LogP contribution in [-0.2, 0) is 4.79 Å². The maximum atomic E-state index is 10.9. The summed E-state index contributed by atoms with van der Waals surface area (Å²) >= 11 is 0. The van der Waals surface area contributed by atoms with Crippen molar-refractivity contribution in [2.45, 2.75) is 31.7 Å². The van der Waals surface area contributed by atoms with E-state index in [-0.39, 0.29) is 5.92 Å². The highest BCUT2D eigenvalue weighted by Gasteiger charge is 2.58. The highest BCUT2D eigenvalue weighted by atomic mass is 16.4. The van der Waals surface area contributed by atoms with Gasteiger partial charge in [0.1, 0.15) is 5.54 Å². The van der Waals surface area contributed by atoms with Crippen LogP contribution >= 0.6 is 0 Å². The van der Waals surface area contributed by atoms with E-state index in [2.05, 4.69) is 0 Å². The Morgan fingerprint density at radius 2 is 2.13 bits per heavy atom. The second-order valence-electron chi connectivity index (χ2n) is 4.45. The van der Waals surface area contributed by atoms with Gasteiger partial charge in [0.25, 0.3) is 0 Å². The predicted molar refractivity (Wildman–Crippen MR) is 57.8 cm³/mol. The molecule has 3 N–H and O–H groups in total. The minimum absolute atomic E-state index is 0.0192. The summed E-state index contributed by atoms with van der Waals surface area (Å²) in [7, 11) is 0. The summed E-state index contributed by atoms with van der Waals surface area (Å²) in [4.78, 5) is 10.9. The molecule has 1 aliphatic carbocycles. The maximum absolute atomic E-state index is 10.9. The maximum Gasteiger partial charge on any atom is 0.324 e. The van der Waals surface area contributed by atoms with Gasteiger partial charge in [0.05, 0.1) is 0 Å². The number of carboxylic acids is 1. The molecular weight excluding hydrogens is 190 g/mol. The van der Waals surface area contributed by atoms with Crippen molar-refractivity contribution in [1.82, 2.24) is 0 Å². The first kappa shape index (κ1) is 10.2. The van der Waals surface area contributed by atoms with E-state index in [0.29, 0.717) is 6.42 Å². The van der Waals surface area contributed by atoms with Gasteiger partial charge in [-0.25, -0.2) is 0 Å². The normalized spacial score (nSPS) is 28.9. The van der Waals surface area contributed by atoms with Crippen LogP contribution in [0.3, 0.4) is 0 Å². The fraction of sp³-hybridized carbons (Fsp3) is 0.417. The van der Waals surface area contributed by atoms with Gasteiger partial charge in [0.2, 0.25) is 0 Å². The van der Waals surface area contributed by atoms with Gasteiger partial charge < -0.3 is 10.8 Å².